The first-order valence-electron chi connectivity index (χ1n) is 8.41. The van der Waals surface area contributed by atoms with Gasteiger partial charge in [0, 0.05) is 11.9 Å². The van der Waals surface area contributed by atoms with E-state index in [-0.39, 0.29) is 23.5 Å². The third kappa shape index (κ3) is 3.88. The van der Waals surface area contributed by atoms with Crippen molar-refractivity contribution in [3.63, 3.8) is 0 Å². The Kier molecular flexibility index (Phi) is 5.27. The van der Waals surface area contributed by atoms with Gasteiger partial charge in [-0.2, -0.15) is 0 Å². The summed E-state index contributed by atoms with van der Waals surface area (Å²) < 4.78 is 14.5. The number of pyridine rings is 1. The smallest absolute Gasteiger partial charge is 0.263 e. The average Bonchev–Trinajstić information content (AvgIpc) is 2.65. The van der Waals surface area contributed by atoms with Gasteiger partial charge in [0.25, 0.3) is 11.5 Å². The van der Waals surface area contributed by atoms with Crippen LogP contribution in [0.25, 0.3) is 0 Å². The Labute approximate surface area is 150 Å². The van der Waals surface area contributed by atoms with Gasteiger partial charge in [0.1, 0.15) is 11.4 Å². The van der Waals surface area contributed by atoms with Gasteiger partial charge in [0.2, 0.25) is 0 Å². The first kappa shape index (κ1) is 17.6. The summed E-state index contributed by atoms with van der Waals surface area (Å²) in [6, 6.07) is 16.6. The van der Waals surface area contributed by atoms with Gasteiger partial charge in [-0.1, -0.05) is 37.3 Å². The fourth-order valence-corrected chi connectivity index (χ4v) is 2.76. The van der Waals surface area contributed by atoms with Crippen molar-refractivity contribution in [2.75, 3.05) is 5.32 Å². The van der Waals surface area contributed by atoms with Gasteiger partial charge in [-0.3, -0.25) is 9.59 Å². The number of amides is 1. The molecule has 0 aliphatic heterocycles. The van der Waals surface area contributed by atoms with Crippen LogP contribution in [0, 0.1) is 5.82 Å². The van der Waals surface area contributed by atoms with Crippen molar-refractivity contribution in [3.8, 4) is 0 Å². The maximum atomic E-state index is 13.0. The number of benzene rings is 2. The summed E-state index contributed by atoms with van der Waals surface area (Å²) in [6.07, 6.45) is 2.39. The second-order valence-electron chi connectivity index (χ2n) is 5.95. The lowest BCUT2D eigenvalue weighted by molar-refractivity contribution is 0.102. The molecule has 26 heavy (non-hydrogen) atoms. The molecule has 1 amide bonds. The van der Waals surface area contributed by atoms with Crippen molar-refractivity contribution in [2.24, 2.45) is 0 Å². The minimum atomic E-state index is -0.440. The molecule has 0 radical (unpaired) electrons. The van der Waals surface area contributed by atoms with Crippen LogP contribution in [0.1, 0.15) is 28.4 Å². The highest BCUT2D eigenvalue weighted by Crippen LogP contribution is 2.16. The van der Waals surface area contributed by atoms with Crippen LogP contribution >= 0.6 is 0 Å². The van der Waals surface area contributed by atoms with Crippen LogP contribution in [0.4, 0.5) is 10.1 Å². The fourth-order valence-electron chi connectivity index (χ4n) is 2.76. The number of nitrogens with one attached hydrogen (secondary N) is 1. The number of nitrogens with zero attached hydrogens (tertiary/aromatic N) is 1. The van der Waals surface area contributed by atoms with Gasteiger partial charge in [0.15, 0.2) is 0 Å². The van der Waals surface area contributed by atoms with E-state index in [1.165, 1.54) is 22.8 Å². The Morgan fingerprint density at radius 3 is 2.50 bits per heavy atom. The summed E-state index contributed by atoms with van der Waals surface area (Å²) in [6.45, 7) is 2.27. The monoisotopic (exact) mass is 350 g/mol. The minimum absolute atomic E-state index is 0.0699. The zero-order valence-corrected chi connectivity index (χ0v) is 14.4. The largest absolute Gasteiger partial charge is 0.322 e. The van der Waals surface area contributed by atoms with Crippen molar-refractivity contribution in [2.45, 2.75) is 19.9 Å². The van der Waals surface area contributed by atoms with E-state index in [0.29, 0.717) is 5.69 Å². The topological polar surface area (TPSA) is 51.1 Å². The molecule has 3 aromatic rings. The number of aromatic nitrogens is 1. The molecule has 2 aromatic carbocycles. The van der Waals surface area contributed by atoms with Crippen molar-refractivity contribution >= 4 is 11.6 Å². The summed E-state index contributed by atoms with van der Waals surface area (Å²) >= 11 is 0. The van der Waals surface area contributed by atoms with Crippen molar-refractivity contribution in [3.05, 3.63) is 99.7 Å². The lowest BCUT2D eigenvalue weighted by Gasteiger charge is -2.11. The SMILES string of the molecule is CCc1ccccc1NC(=O)c1cccn(Cc2ccc(F)cc2)c1=O. The normalized spacial score (nSPS) is 10.5. The Balaban J connectivity index is 1.85. The van der Waals surface area contributed by atoms with E-state index >= 15 is 0 Å². The molecule has 0 unspecified atom stereocenters. The third-order valence-corrected chi connectivity index (χ3v) is 4.18. The molecule has 1 heterocycles. The summed E-state index contributed by atoms with van der Waals surface area (Å²) in [5, 5.41) is 2.82. The first-order valence-corrected chi connectivity index (χ1v) is 8.41. The molecule has 3 rings (SSSR count). The van der Waals surface area contributed by atoms with Crippen molar-refractivity contribution in [1.82, 2.24) is 4.57 Å². The molecule has 0 aliphatic rings. The van der Waals surface area contributed by atoms with Crippen molar-refractivity contribution in [1.29, 1.82) is 0 Å². The third-order valence-electron chi connectivity index (χ3n) is 4.18. The Morgan fingerprint density at radius 1 is 1.04 bits per heavy atom. The number of rotatable bonds is 5. The molecule has 0 fully saturated rings. The van der Waals surface area contributed by atoms with Crippen LogP contribution in [-0.4, -0.2) is 10.5 Å². The Morgan fingerprint density at radius 2 is 1.77 bits per heavy atom. The molecular weight excluding hydrogens is 331 g/mol. The summed E-state index contributed by atoms with van der Waals surface area (Å²) in [7, 11) is 0. The van der Waals surface area contributed by atoms with E-state index < -0.39 is 5.91 Å². The average molecular weight is 350 g/mol. The van der Waals surface area contributed by atoms with Crippen LogP contribution in [0.15, 0.2) is 71.7 Å². The molecular formula is C21H19FN2O2. The minimum Gasteiger partial charge on any atom is -0.322 e. The zero-order chi connectivity index (χ0) is 18.5. The molecule has 4 nitrogen and oxygen atoms in total. The van der Waals surface area contributed by atoms with Crippen LogP contribution < -0.4 is 10.9 Å². The number of aryl methyl sites for hydroxylation is 1. The summed E-state index contributed by atoms with van der Waals surface area (Å²) in [5.74, 6) is -0.770. The molecule has 0 saturated heterocycles. The van der Waals surface area contributed by atoms with Gasteiger partial charge in [-0.25, -0.2) is 4.39 Å². The lowest BCUT2D eigenvalue weighted by atomic mass is 10.1. The number of halogens is 1. The summed E-state index contributed by atoms with van der Waals surface area (Å²) in [5.41, 5.74) is 2.17. The quantitative estimate of drug-likeness (QED) is 0.760. The predicted molar refractivity (Wildman–Crippen MR) is 100.0 cm³/mol. The van der Waals surface area contributed by atoms with Gasteiger partial charge in [-0.05, 0) is 47.9 Å². The molecule has 1 aromatic heterocycles. The highest BCUT2D eigenvalue weighted by molar-refractivity contribution is 6.04. The Hall–Kier alpha value is -3.21. The lowest BCUT2D eigenvalue weighted by Crippen LogP contribution is -2.29. The maximum Gasteiger partial charge on any atom is 0.263 e. The highest BCUT2D eigenvalue weighted by atomic mass is 19.1. The van der Waals surface area contributed by atoms with Gasteiger partial charge in [0.05, 0.1) is 6.54 Å². The van der Waals surface area contributed by atoms with Gasteiger partial charge >= 0.3 is 0 Å². The molecule has 1 N–H and O–H groups in total. The number of para-hydroxylation sites is 1. The standard InChI is InChI=1S/C21H19FN2O2/c1-2-16-6-3-4-8-19(16)23-20(25)18-7-5-13-24(21(18)26)14-15-9-11-17(22)12-10-15/h3-13H,2,14H2,1H3,(H,23,25). The van der Waals surface area contributed by atoms with E-state index in [4.69, 9.17) is 0 Å². The van der Waals surface area contributed by atoms with Gasteiger partial charge < -0.3 is 9.88 Å². The van der Waals surface area contributed by atoms with Crippen LogP contribution in [0.2, 0.25) is 0 Å². The predicted octanol–water partition coefficient (Wildman–Crippen LogP) is 3.85. The molecule has 0 spiro atoms. The van der Waals surface area contributed by atoms with E-state index in [9.17, 15) is 14.0 Å². The van der Waals surface area contributed by atoms with E-state index in [2.05, 4.69) is 5.32 Å². The molecule has 5 heteroatoms. The molecule has 132 valence electrons. The van der Waals surface area contributed by atoms with Crippen LogP contribution in [0.3, 0.4) is 0 Å². The maximum absolute atomic E-state index is 13.0. The molecule has 0 bridgehead atoms. The molecule has 0 saturated carbocycles. The van der Waals surface area contributed by atoms with E-state index in [1.54, 1.807) is 24.4 Å². The number of hydrogen-bond donors (Lipinski definition) is 1. The molecule has 0 atom stereocenters. The number of carbonyl (C=O) groups is 1. The second-order valence-corrected chi connectivity index (χ2v) is 5.95. The molecule has 0 aliphatic carbocycles. The van der Waals surface area contributed by atoms with Crippen LogP contribution in [0.5, 0.6) is 0 Å². The number of anilines is 1. The van der Waals surface area contributed by atoms with E-state index in [1.807, 2.05) is 31.2 Å². The summed E-state index contributed by atoms with van der Waals surface area (Å²) in [4.78, 5) is 25.2. The zero-order valence-electron chi connectivity index (χ0n) is 14.4. The second kappa shape index (κ2) is 7.78. The van der Waals surface area contributed by atoms with Crippen molar-refractivity contribution < 1.29 is 9.18 Å². The van der Waals surface area contributed by atoms with Gasteiger partial charge in [-0.15, -0.1) is 0 Å². The Bertz CT molecular complexity index is 978. The fraction of sp³-hybridized carbons (Fsp3) is 0.143. The highest BCUT2D eigenvalue weighted by Gasteiger charge is 2.13. The van der Waals surface area contributed by atoms with E-state index in [0.717, 1.165) is 17.5 Å². The van der Waals surface area contributed by atoms with Crippen LogP contribution in [-0.2, 0) is 13.0 Å². The number of carbonyl (C=O) groups excluding carboxylic acids is 1. The first-order chi connectivity index (χ1) is 12.6. The number of hydrogen-bond acceptors (Lipinski definition) is 2.